The van der Waals surface area contributed by atoms with Gasteiger partial charge in [0.15, 0.2) is 0 Å². The summed E-state index contributed by atoms with van der Waals surface area (Å²) in [7, 11) is 0. The van der Waals surface area contributed by atoms with Crippen molar-refractivity contribution in [1.82, 2.24) is 14.9 Å². The van der Waals surface area contributed by atoms with E-state index in [-0.39, 0.29) is 9.83 Å². The Labute approximate surface area is 91.6 Å². The highest BCUT2D eigenvalue weighted by Gasteiger charge is 2.38. The lowest BCUT2D eigenvalue weighted by Crippen LogP contribution is -2.32. The lowest BCUT2D eigenvalue weighted by Gasteiger charge is -2.11. The molecule has 10 heteroatoms. The molecule has 0 radical (unpaired) electrons. The number of nitrogens with two attached hydrogens (primary N) is 1. The van der Waals surface area contributed by atoms with Crippen molar-refractivity contribution < 1.29 is 23.1 Å². The number of halogens is 3. The van der Waals surface area contributed by atoms with Gasteiger partial charge in [-0.15, -0.1) is 10.2 Å². The highest BCUT2D eigenvalue weighted by atomic mass is 32.2. The van der Waals surface area contributed by atoms with Crippen LogP contribution in [0.1, 0.15) is 12.7 Å². The van der Waals surface area contributed by atoms with Crippen molar-refractivity contribution in [3.63, 3.8) is 0 Å². The van der Waals surface area contributed by atoms with Gasteiger partial charge in [-0.2, -0.15) is 13.2 Å². The molecule has 16 heavy (non-hydrogen) atoms. The fourth-order valence-corrected chi connectivity index (χ4v) is 1.46. The first-order chi connectivity index (χ1) is 7.23. The normalized spacial score (nSPS) is 13.8. The number of aromatic nitrogens is 3. The number of carbonyl (C=O) groups is 1. The molecule has 6 nitrogen and oxygen atoms in total. The van der Waals surface area contributed by atoms with E-state index in [9.17, 15) is 23.1 Å². The fourth-order valence-electron chi connectivity index (χ4n) is 0.757. The Morgan fingerprint density at radius 1 is 1.56 bits per heavy atom. The van der Waals surface area contributed by atoms with Crippen LogP contribution in [0.3, 0.4) is 0 Å². The van der Waals surface area contributed by atoms with Crippen LogP contribution in [0.4, 0.5) is 13.2 Å². The second-order valence-corrected chi connectivity index (χ2v) is 4.06. The van der Waals surface area contributed by atoms with Gasteiger partial charge in [-0.05, 0) is 6.92 Å². The highest BCUT2D eigenvalue weighted by molar-refractivity contribution is 8.00. The molecule has 1 rings (SSSR count). The Kier molecular flexibility index (Phi) is 3.31. The summed E-state index contributed by atoms with van der Waals surface area (Å²) >= 11 is 0.518. The number of carboxylic acid groups (broad SMARTS) is 1. The molecule has 0 amide bonds. The molecule has 0 aliphatic carbocycles. The van der Waals surface area contributed by atoms with E-state index in [0.29, 0.717) is 11.8 Å². The first kappa shape index (κ1) is 12.6. The van der Waals surface area contributed by atoms with Gasteiger partial charge in [0, 0.05) is 5.25 Å². The average Bonchev–Trinajstić information content (AvgIpc) is 2.46. The predicted molar refractivity (Wildman–Crippen MR) is 45.5 cm³/mol. The molecule has 0 saturated carbocycles. The minimum Gasteiger partial charge on any atom is -0.549 e. The molecule has 2 N–H and O–H groups in total. The highest BCUT2D eigenvalue weighted by Crippen LogP contribution is 2.29. The van der Waals surface area contributed by atoms with Gasteiger partial charge in [0.05, 0.1) is 5.97 Å². The molecule has 1 aromatic rings. The van der Waals surface area contributed by atoms with Crippen LogP contribution < -0.4 is 10.9 Å². The molecule has 90 valence electrons. The maximum Gasteiger partial charge on any atom is 0.453 e. The van der Waals surface area contributed by atoms with E-state index in [4.69, 9.17) is 5.84 Å². The minimum absolute atomic E-state index is 0.199. The Morgan fingerprint density at radius 2 is 2.12 bits per heavy atom. The Hall–Kier alpha value is -1.45. The van der Waals surface area contributed by atoms with Gasteiger partial charge in [0.1, 0.15) is 0 Å². The Balaban J connectivity index is 2.93. The monoisotopic (exact) mass is 255 g/mol. The van der Waals surface area contributed by atoms with Crippen molar-refractivity contribution in [2.24, 2.45) is 0 Å². The largest absolute Gasteiger partial charge is 0.549 e. The molecular weight excluding hydrogens is 249 g/mol. The topological polar surface area (TPSA) is 96.9 Å². The van der Waals surface area contributed by atoms with Crippen molar-refractivity contribution in [2.45, 2.75) is 23.5 Å². The number of nitrogens with zero attached hydrogens (tertiary/aromatic N) is 3. The molecule has 0 bridgehead atoms. The smallest absolute Gasteiger partial charge is 0.453 e. The summed E-state index contributed by atoms with van der Waals surface area (Å²) in [6, 6.07) is 0. The van der Waals surface area contributed by atoms with Crippen LogP contribution in [0.15, 0.2) is 5.16 Å². The van der Waals surface area contributed by atoms with E-state index in [2.05, 4.69) is 10.2 Å². The van der Waals surface area contributed by atoms with Gasteiger partial charge in [-0.3, -0.25) is 0 Å². The first-order valence-electron chi connectivity index (χ1n) is 3.88. The molecule has 0 aliphatic rings. The summed E-state index contributed by atoms with van der Waals surface area (Å²) < 4.78 is 36.8. The standard InChI is InChI=1S/C6H7F3N4O2S/c1-2(3(14)15)16-5-12-11-4(13(5)10)6(7,8)9/h2H,10H2,1H3,(H,14,15)/p-1/t2-/m0/s1. The van der Waals surface area contributed by atoms with E-state index in [1.807, 2.05) is 0 Å². The van der Waals surface area contributed by atoms with Crippen LogP contribution in [0.25, 0.3) is 0 Å². The lowest BCUT2D eigenvalue weighted by atomic mass is 10.5. The number of hydrogen-bond donors (Lipinski definition) is 1. The molecule has 0 spiro atoms. The number of carbonyl (C=O) groups excluding carboxylic acids is 1. The van der Waals surface area contributed by atoms with Gasteiger partial charge in [0.25, 0.3) is 5.82 Å². The van der Waals surface area contributed by atoms with Crippen molar-refractivity contribution in [1.29, 1.82) is 0 Å². The zero-order valence-electron chi connectivity index (χ0n) is 7.85. The quantitative estimate of drug-likeness (QED) is 0.563. The summed E-state index contributed by atoms with van der Waals surface area (Å²) in [6.45, 7) is 1.24. The number of aliphatic carboxylic acids is 1. The van der Waals surface area contributed by atoms with E-state index in [0.717, 1.165) is 0 Å². The molecule has 1 heterocycles. The van der Waals surface area contributed by atoms with Crippen LogP contribution in [0.2, 0.25) is 0 Å². The van der Waals surface area contributed by atoms with Gasteiger partial charge in [-0.1, -0.05) is 11.8 Å². The van der Waals surface area contributed by atoms with Crippen molar-refractivity contribution in [3.8, 4) is 0 Å². The molecule has 0 unspecified atom stereocenters. The van der Waals surface area contributed by atoms with Crippen LogP contribution in [0.5, 0.6) is 0 Å². The van der Waals surface area contributed by atoms with Crippen molar-refractivity contribution in [2.75, 3.05) is 5.84 Å². The zero-order valence-corrected chi connectivity index (χ0v) is 8.67. The number of alkyl halides is 3. The third-order valence-electron chi connectivity index (χ3n) is 1.53. The summed E-state index contributed by atoms with van der Waals surface area (Å²) in [5.41, 5.74) is 0. The molecule has 0 fully saturated rings. The van der Waals surface area contributed by atoms with Crippen molar-refractivity contribution >= 4 is 17.7 Å². The predicted octanol–water partition coefficient (Wildman–Crippen LogP) is -0.759. The van der Waals surface area contributed by atoms with Gasteiger partial charge >= 0.3 is 6.18 Å². The van der Waals surface area contributed by atoms with Crippen molar-refractivity contribution in [3.05, 3.63) is 5.82 Å². The van der Waals surface area contributed by atoms with Crippen LogP contribution in [0, 0.1) is 0 Å². The number of nitrogen functional groups attached to an aromatic ring is 1. The van der Waals surface area contributed by atoms with E-state index >= 15 is 0 Å². The van der Waals surface area contributed by atoms with E-state index in [1.54, 1.807) is 0 Å². The Bertz CT molecular complexity index is 405. The third kappa shape index (κ3) is 2.56. The molecule has 0 aromatic carbocycles. The number of thioether (sulfide) groups is 1. The van der Waals surface area contributed by atoms with Gasteiger partial charge < -0.3 is 15.7 Å². The summed E-state index contributed by atoms with van der Waals surface area (Å²) in [5, 5.41) is 14.9. The molecule has 1 aromatic heterocycles. The number of rotatable bonds is 3. The SMILES string of the molecule is C[C@H](Sc1nnc(C(F)(F)F)n1N)C(=O)[O-]. The van der Waals surface area contributed by atoms with Crippen LogP contribution in [-0.4, -0.2) is 26.1 Å². The third-order valence-corrected chi connectivity index (χ3v) is 2.57. The molecule has 0 aliphatic heterocycles. The maximum atomic E-state index is 12.2. The number of carboxylic acids is 1. The summed E-state index contributed by atoms with van der Waals surface area (Å²) in [5.74, 6) is 2.26. The van der Waals surface area contributed by atoms with Gasteiger partial charge in [-0.25, -0.2) is 4.68 Å². The summed E-state index contributed by atoms with van der Waals surface area (Å²) in [6.07, 6.45) is -4.73. The maximum absolute atomic E-state index is 12.2. The summed E-state index contributed by atoms with van der Waals surface area (Å²) in [4.78, 5) is 10.4. The second kappa shape index (κ2) is 4.20. The number of hydrogen-bond acceptors (Lipinski definition) is 6. The molecule has 1 atom stereocenters. The molecular formula is C6H6F3N4O2S-. The van der Waals surface area contributed by atoms with E-state index in [1.165, 1.54) is 6.92 Å². The van der Waals surface area contributed by atoms with Crippen LogP contribution in [-0.2, 0) is 11.0 Å². The van der Waals surface area contributed by atoms with Gasteiger partial charge in [0.2, 0.25) is 5.16 Å². The minimum atomic E-state index is -4.73. The molecule has 0 saturated heterocycles. The fraction of sp³-hybridized carbons (Fsp3) is 0.500. The average molecular weight is 255 g/mol. The lowest BCUT2D eigenvalue weighted by molar-refractivity contribution is -0.304. The first-order valence-corrected chi connectivity index (χ1v) is 4.76. The van der Waals surface area contributed by atoms with E-state index < -0.39 is 23.2 Å². The Morgan fingerprint density at radius 3 is 2.50 bits per heavy atom. The van der Waals surface area contributed by atoms with Crippen LogP contribution >= 0.6 is 11.8 Å². The zero-order chi connectivity index (χ0) is 12.5. The second-order valence-electron chi connectivity index (χ2n) is 2.75.